The summed E-state index contributed by atoms with van der Waals surface area (Å²) in [5.74, 6) is 1.67. The molecule has 2 amide bonds. The second-order valence-electron chi connectivity index (χ2n) is 13.8. The Hall–Kier alpha value is -4.60. The van der Waals surface area contributed by atoms with E-state index in [2.05, 4.69) is 20.5 Å². The number of H-pyrrole nitrogens is 1. The van der Waals surface area contributed by atoms with Crippen LogP contribution in [0.5, 0.6) is 0 Å². The van der Waals surface area contributed by atoms with Crippen LogP contribution in [0.25, 0.3) is 23.0 Å². The van der Waals surface area contributed by atoms with E-state index in [1.165, 1.54) is 24.3 Å². The zero-order valence-corrected chi connectivity index (χ0v) is 29.9. The van der Waals surface area contributed by atoms with Crippen molar-refractivity contribution in [1.29, 1.82) is 0 Å². The number of anilines is 1. The number of nitrogens with zero attached hydrogens (tertiary/aromatic N) is 8. The van der Waals surface area contributed by atoms with E-state index >= 15 is 0 Å². The van der Waals surface area contributed by atoms with Gasteiger partial charge in [0.15, 0.2) is 0 Å². The fourth-order valence-corrected chi connectivity index (χ4v) is 8.78. The molecule has 3 aliphatic rings. The number of aromatic amines is 1. The summed E-state index contributed by atoms with van der Waals surface area (Å²) in [5, 5.41) is 21.4. The average Bonchev–Trinajstić information content (AvgIpc) is 3.60. The van der Waals surface area contributed by atoms with Gasteiger partial charge in [-0.15, -0.1) is 5.10 Å². The molecule has 16 heteroatoms. The zero-order chi connectivity index (χ0) is 35.9. The summed E-state index contributed by atoms with van der Waals surface area (Å²) in [4.78, 5) is 37.4. The van der Waals surface area contributed by atoms with E-state index in [-0.39, 0.29) is 23.8 Å². The van der Waals surface area contributed by atoms with E-state index in [0.29, 0.717) is 59.3 Å². The fourth-order valence-electron chi connectivity index (χ4n) is 7.73. The van der Waals surface area contributed by atoms with E-state index in [0.717, 1.165) is 48.3 Å². The summed E-state index contributed by atoms with van der Waals surface area (Å²) in [6.07, 6.45) is 11.4. The van der Waals surface area contributed by atoms with Crippen LogP contribution < -0.4 is 4.90 Å². The molecule has 3 unspecified atom stereocenters. The third kappa shape index (κ3) is 7.55. The van der Waals surface area contributed by atoms with Crippen molar-refractivity contribution < 1.29 is 23.1 Å². The summed E-state index contributed by atoms with van der Waals surface area (Å²) in [6, 6.07) is 12.2. The van der Waals surface area contributed by atoms with Gasteiger partial charge in [-0.2, -0.15) is 4.68 Å². The Morgan fingerprint density at radius 1 is 1.04 bits per heavy atom. The Balaban J connectivity index is 1.21. The monoisotopic (exact) mass is 733 g/mol. The highest BCUT2D eigenvalue weighted by atomic mass is 35.5. The molecule has 14 nitrogen and oxygen atoms in total. The highest BCUT2D eigenvalue weighted by molar-refractivity contribution is 7.88. The van der Waals surface area contributed by atoms with Crippen LogP contribution in [0, 0.1) is 23.7 Å². The molecular formula is C35H40ClN9O5S. The summed E-state index contributed by atoms with van der Waals surface area (Å²) >= 11 is 6.37. The number of halogens is 1. The van der Waals surface area contributed by atoms with Gasteiger partial charge in [0, 0.05) is 49.0 Å². The van der Waals surface area contributed by atoms with E-state index in [1.54, 1.807) is 53.0 Å². The number of piperidine rings is 2. The third-order valence-corrected chi connectivity index (χ3v) is 12.1. The molecule has 1 saturated carbocycles. The molecule has 0 spiro atoms. The SMILES string of the molecule is CN(C(=O)O)c1ccc(-c2cnc(C3C(C4CC4)CC(C4CCN(S(C)(=O)=O)CC4)CN3C(=O)/C=C/c3cc(Cl)ccc3-n3cnnn3)[nH]2)cc1. The normalized spacial score (nSPS) is 22.0. The third-order valence-electron chi connectivity index (χ3n) is 10.6. The number of rotatable bonds is 9. The Morgan fingerprint density at radius 2 is 1.78 bits per heavy atom. The summed E-state index contributed by atoms with van der Waals surface area (Å²) in [6.45, 7) is 1.49. The number of carbonyl (C=O) groups excluding carboxylic acids is 1. The topological polar surface area (TPSA) is 171 Å². The van der Waals surface area contributed by atoms with Gasteiger partial charge < -0.3 is 15.0 Å². The molecule has 2 aromatic heterocycles. The number of carbonyl (C=O) groups is 2. The number of imidazole rings is 1. The van der Waals surface area contributed by atoms with Gasteiger partial charge in [0.2, 0.25) is 15.9 Å². The minimum absolute atomic E-state index is 0.162. The summed E-state index contributed by atoms with van der Waals surface area (Å²) < 4.78 is 27.6. The molecule has 7 rings (SSSR count). The molecule has 4 aromatic rings. The van der Waals surface area contributed by atoms with Crippen LogP contribution in [0.15, 0.2) is 61.1 Å². The largest absolute Gasteiger partial charge is 0.465 e. The Bertz CT molecular complexity index is 2020. The van der Waals surface area contributed by atoms with Crippen molar-refractivity contribution in [2.24, 2.45) is 23.7 Å². The Labute approximate surface area is 301 Å². The maximum atomic E-state index is 14.4. The predicted molar refractivity (Wildman–Crippen MR) is 192 cm³/mol. The maximum absolute atomic E-state index is 14.4. The lowest BCUT2D eigenvalue weighted by atomic mass is 9.72. The molecule has 51 heavy (non-hydrogen) atoms. The lowest BCUT2D eigenvalue weighted by Gasteiger charge is -2.47. The molecule has 2 aliphatic heterocycles. The summed E-state index contributed by atoms with van der Waals surface area (Å²) in [5.41, 5.74) is 3.52. The van der Waals surface area contributed by atoms with Crippen LogP contribution in [0.1, 0.15) is 49.5 Å². The van der Waals surface area contributed by atoms with Crippen molar-refractivity contribution in [3.8, 4) is 16.9 Å². The van der Waals surface area contributed by atoms with Gasteiger partial charge in [0.05, 0.1) is 29.9 Å². The lowest BCUT2D eigenvalue weighted by Crippen LogP contribution is -2.50. The molecule has 1 aliphatic carbocycles. The first kappa shape index (κ1) is 34.8. The Kier molecular flexibility index (Phi) is 9.70. The average molecular weight is 734 g/mol. The molecular weight excluding hydrogens is 694 g/mol. The van der Waals surface area contributed by atoms with Crippen molar-refractivity contribution in [2.45, 2.75) is 38.1 Å². The van der Waals surface area contributed by atoms with Crippen LogP contribution in [-0.2, 0) is 14.8 Å². The molecule has 0 bridgehead atoms. The van der Waals surface area contributed by atoms with Crippen molar-refractivity contribution >= 4 is 45.4 Å². The van der Waals surface area contributed by atoms with Gasteiger partial charge >= 0.3 is 6.09 Å². The van der Waals surface area contributed by atoms with Crippen LogP contribution in [-0.4, -0.2) is 97.8 Å². The standard InChI is InChI=1S/C35H40ClN9O5S/c1-42(35(47)48)28-9-5-24(6-10-28)30-19-37-34(39-30)33-29(23-3-4-23)18-26(22-13-15-43(16-14-22)51(2,49)50)20-44(33)32(46)12-7-25-17-27(36)8-11-31(25)45-21-38-40-41-45/h5-12,17,19,21-23,26,29,33H,3-4,13-16,18,20H2,1-2H3,(H,37,39)(H,47,48)/b12-7+. The second-order valence-corrected chi connectivity index (χ2v) is 16.2. The number of benzene rings is 2. The minimum Gasteiger partial charge on any atom is -0.465 e. The van der Waals surface area contributed by atoms with Gasteiger partial charge in [0.1, 0.15) is 12.2 Å². The Morgan fingerprint density at radius 3 is 2.43 bits per heavy atom. The molecule has 2 N–H and O–H groups in total. The van der Waals surface area contributed by atoms with Crippen LogP contribution in [0.4, 0.5) is 10.5 Å². The number of carboxylic acid groups (broad SMARTS) is 1. The van der Waals surface area contributed by atoms with Gasteiger partial charge in [-0.1, -0.05) is 23.7 Å². The van der Waals surface area contributed by atoms with E-state index in [4.69, 9.17) is 16.6 Å². The van der Waals surface area contributed by atoms with Crippen molar-refractivity contribution in [3.05, 3.63) is 77.5 Å². The number of amides is 2. The highest BCUT2D eigenvalue weighted by Crippen LogP contribution is 2.52. The van der Waals surface area contributed by atoms with Gasteiger partial charge in [-0.05, 0) is 108 Å². The van der Waals surface area contributed by atoms with E-state index < -0.39 is 16.1 Å². The van der Waals surface area contributed by atoms with E-state index in [9.17, 15) is 23.1 Å². The number of hydrogen-bond acceptors (Lipinski definition) is 8. The summed E-state index contributed by atoms with van der Waals surface area (Å²) in [7, 11) is -1.76. The molecule has 4 heterocycles. The smallest absolute Gasteiger partial charge is 0.411 e. The number of sulfonamides is 1. The highest BCUT2D eigenvalue weighted by Gasteiger charge is 2.48. The zero-order valence-electron chi connectivity index (χ0n) is 28.3. The number of tetrazole rings is 1. The fraction of sp³-hybridized carbons (Fsp3) is 0.429. The quantitative estimate of drug-likeness (QED) is 0.222. The van der Waals surface area contributed by atoms with Gasteiger partial charge in [-0.3, -0.25) is 9.69 Å². The van der Waals surface area contributed by atoms with E-state index in [1.807, 2.05) is 17.0 Å². The van der Waals surface area contributed by atoms with Gasteiger partial charge in [0.25, 0.3) is 0 Å². The molecule has 268 valence electrons. The second kappa shape index (κ2) is 14.2. The molecule has 3 fully saturated rings. The number of aromatic nitrogens is 6. The first-order valence-electron chi connectivity index (χ1n) is 17.0. The molecule has 0 radical (unpaired) electrons. The number of nitrogens with one attached hydrogen (secondary N) is 1. The molecule has 3 atom stereocenters. The van der Waals surface area contributed by atoms with Crippen molar-refractivity contribution in [1.82, 2.24) is 39.4 Å². The molecule has 2 aromatic carbocycles. The van der Waals surface area contributed by atoms with Crippen LogP contribution in [0.3, 0.4) is 0 Å². The number of hydrogen-bond donors (Lipinski definition) is 2. The van der Waals surface area contributed by atoms with Crippen LogP contribution in [0.2, 0.25) is 5.02 Å². The van der Waals surface area contributed by atoms with Gasteiger partial charge in [-0.25, -0.2) is 22.5 Å². The lowest BCUT2D eigenvalue weighted by molar-refractivity contribution is -0.134. The van der Waals surface area contributed by atoms with Crippen molar-refractivity contribution in [2.75, 3.05) is 37.8 Å². The minimum atomic E-state index is -3.26. The maximum Gasteiger partial charge on any atom is 0.411 e. The first-order chi connectivity index (χ1) is 24.5. The van der Waals surface area contributed by atoms with Crippen LogP contribution >= 0.6 is 11.6 Å². The molecule has 2 saturated heterocycles. The first-order valence-corrected chi connectivity index (χ1v) is 19.3. The number of likely N-dealkylation sites (tertiary alicyclic amines) is 1. The van der Waals surface area contributed by atoms with Crippen molar-refractivity contribution in [3.63, 3.8) is 0 Å². The predicted octanol–water partition coefficient (Wildman–Crippen LogP) is 5.12.